The number of para-hydroxylation sites is 1. The fourth-order valence-electron chi connectivity index (χ4n) is 3.60. The summed E-state index contributed by atoms with van der Waals surface area (Å²) >= 11 is 8.29. The first-order chi connectivity index (χ1) is 16.3. The molecule has 9 heteroatoms. The SMILES string of the molecule is COc1cc(/C=C2\C(=O)NC(=O)N(c3ccccc3Cl)C2=O)cc(I)c1Cc1cccc(F)c1. The summed E-state index contributed by atoms with van der Waals surface area (Å²) < 4.78 is 20.0. The number of amides is 4. The Labute approximate surface area is 213 Å². The molecule has 3 aromatic rings. The Balaban J connectivity index is 1.72. The number of carbonyl (C=O) groups is 3. The number of hydrogen-bond acceptors (Lipinski definition) is 4. The van der Waals surface area contributed by atoms with Crippen LogP contribution in [0.4, 0.5) is 14.9 Å². The number of barbiturate groups is 1. The van der Waals surface area contributed by atoms with Crippen molar-refractivity contribution in [3.05, 3.63) is 97.3 Å². The van der Waals surface area contributed by atoms with Gasteiger partial charge in [-0.05, 0) is 76.2 Å². The number of rotatable bonds is 5. The lowest BCUT2D eigenvalue weighted by molar-refractivity contribution is -0.122. The van der Waals surface area contributed by atoms with Gasteiger partial charge in [-0.25, -0.2) is 14.1 Å². The van der Waals surface area contributed by atoms with E-state index in [9.17, 15) is 18.8 Å². The fraction of sp³-hybridized carbons (Fsp3) is 0.0800. The summed E-state index contributed by atoms with van der Waals surface area (Å²) in [7, 11) is 1.51. The van der Waals surface area contributed by atoms with Gasteiger partial charge in [-0.3, -0.25) is 14.9 Å². The number of benzene rings is 3. The summed E-state index contributed by atoms with van der Waals surface area (Å²) in [6.45, 7) is 0. The normalized spacial score (nSPS) is 15.0. The highest BCUT2D eigenvalue weighted by atomic mass is 127. The lowest BCUT2D eigenvalue weighted by atomic mass is 10.0. The van der Waals surface area contributed by atoms with Gasteiger partial charge in [0.15, 0.2) is 0 Å². The molecular weight excluding hydrogens is 574 g/mol. The lowest BCUT2D eigenvalue weighted by Crippen LogP contribution is -2.54. The molecule has 3 aromatic carbocycles. The molecule has 0 aliphatic carbocycles. The molecule has 0 radical (unpaired) electrons. The van der Waals surface area contributed by atoms with Gasteiger partial charge in [0.05, 0.1) is 17.8 Å². The van der Waals surface area contributed by atoms with Gasteiger partial charge in [-0.15, -0.1) is 0 Å². The molecule has 1 saturated heterocycles. The minimum atomic E-state index is -0.877. The van der Waals surface area contributed by atoms with Crippen LogP contribution in [0.15, 0.2) is 66.2 Å². The highest BCUT2D eigenvalue weighted by molar-refractivity contribution is 14.1. The van der Waals surface area contributed by atoms with Crippen LogP contribution in [0, 0.1) is 9.39 Å². The zero-order valence-electron chi connectivity index (χ0n) is 17.8. The average Bonchev–Trinajstić information content (AvgIpc) is 2.79. The van der Waals surface area contributed by atoms with Crippen LogP contribution >= 0.6 is 34.2 Å². The van der Waals surface area contributed by atoms with Gasteiger partial charge in [0.2, 0.25) is 0 Å². The van der Waals surface area contributed by atoms with Gasteiger partial charge in [-0.1, -0.05) is 35.9 Å². The van der Waals surface area contributed by atoms with Gasteiger partial charge in [0, 0.05) is 15.6 Å². The third kappa shape index (κ3) is 4.83. The Hall–Kier alpha value is -3.24. The van der Waals surface area contributed by atoms with Crippen LogP contribution in [0.1, 0.15) is 16.7 Å². The quantitative estimate of drug-likeness (QED) is 0.247. The number of ether oxygens (including phenoxy) is 1. The largest absolute Gasteiger partial charge is 0.496 e. The maximum Gasteiger partial charge on any atom is 0.335 e. The second kappa shape index (κ2) is 9.94. The van der Waals surface area contributed by atoms with E-state index in [2.05, 4.69) is 27.9 Å². The number of nitrogens with one attached hydrogen (secondary N) is 1. The number of urea groups is 1. The van der Waals surface area contributed by atoms with Crippen molar-refractivity contribution in [2.24, 2.45) is 0 Å². The Kier molecular flexibility index (Phi) is 6.99. The maximum atomic E-state index is 13.6. The van der Waals surface area contributed by atoms with Gasteiger partial charge < -0.3 is 4.74 Å². The smallest absolute Gasteiger partial charge is 0.335 e. The Morgan fingerprint density at radius 3 is 2.56 bits per heavy atom. The maximum absolute atomic E-state index is 13.6. The van der Waals surface area contributed by atoms with Crippen LogP contribution in [0.5, 0.6) is 5.75 Å². The van der Waals surface area contributed by atoms with Gasteiger partial charge in [0.1, 0.15) is 17.1 Å². The molecule has 0 spiro atoms. The standard InChI is InChI=1S/C25H17ClFIN2O4/c1-34-22-13-15(12-20(28)17(22)10-14-5-4-6-16(27)9-14)11-18-23(31)29-25(33)30(24(18)32)21-8-3-2-7-19(21)26/h2-9,11-13H,10H2,1H3,(H,29,31,33)/b18-11+. The highest BCUT2D eigenvalue weighted by Crippen LogP contribution is 2.32. The number of halogens is 3. The summed E-state index contributed by atoms with van der Waals surface area (Å²) in [5.74, 6) is -1.41. The van der Waals surface area contributed by atoms with E-state index in [0.717, 1.165) is 19.6 Å². The average molecular weight is 591 g/mol. The molecular formula is C25H17ClFIN2O4. The van der Waals surface area contributed by atoms with E-state index in [1.165, 1.54) is 31.4 Å². The summed E-state index contributed by atoms with van der Waals surface area (Å²) in [6.07, 6.45) is 1.83. The minimum absolute atomic E-state index is 0.169. The van der Waals surface area contributed by atoms with Crippen molar-refractivity contribution in [2.75, 3.05) is 12.0 Å². The second-order valence-corrected chi connectivity index (χ2v) is 8.97. The van der Waals surface area contributed by atoms with Crippen molar-refractivity contribution in [3.63, 3.8) is 0 Å². The molecule has 0 atom stereocenters. The van der Waals surface area contributed by atoms with Crippen molar-refractivity contribution in [1.82, 2.24) is 5.32 Å². The Morgan fingerprint density at radius 1 is 1.09 bits per heavy atom. The molecule has 0 bridgehead atoms. The topological polar surface area (TPSA) is 75.7 Å². The number of hydrogen-bond donors (Lipinski definition) is 1. The molecule has 172 valence electrons. The van der Waals surface area contributed by atoms with Crippen LogP contribution in [0.25, 0.3) is 6.08 Å². The first-order valence-electron chi connectivity index (χ1n) is 10.1. The van der Waals surface area contributed by atoms with E-state index in [4.69, 9.17) is 16.3 Å². The predicted octanol–water partition coefficient (Wildman–Crippen LogP) is 5.35. The zero-order valence-corrected chi connectivity index (χ0v) is 20.7. The summed E-state index contributed by atoms with van der Waals surface area (Å²) in [5, 5.41) is 2.37. The molecule has 1 fully saturated rings. The van der Waals surface area contributed by atoms with Crippen molar-refractivity contribution in [3.8, 4) is 5.75 Å². The van der Waals surface area contributed by atoms with E-state index < -0.39 is 17.8 Å². The van der Waals surface area contributed by atoms with Crippen molar-refractivity contribution in [2.45, 2.75) is 6.42 Å². The Morgan fingerprint density at radius 2 is 1.85 bits per heavy atom. The first-order valence-corrected chi connectivity index (χ1v) is 11.5. The second-order valence-electron chi connectivity index (χ2n) is 7.40. The van der Waals surface area contributed by atoms with Crippen molar-refractivity contribution >= 4 is 63.8 Å². The van der Waals surface area contributed by atoms with Crippen LogP contribution in [-0.4, -0.2) is 25.0 Å². The molecule has 4 amide bonds. The lowest BCUT2D eigenvalue weighted by Gasteiger charge is -2.27. The zero-order chi connectivity index (χ0) is 24.4. The number of imide groups is 2. The minimum Gasteiger partial charge on any atom is -0.496 e. The van der Waals surface area contributed by atoms with Gasteiger partial charge >= 0.3 is 6.03 Å². The number of carbonyl (C=O) groups excluding carboxylic acids is 3. The van der Waals surface area contributed by atoms with Crippen LogP contribution in [0.2, 0.25) is 5.02 Å². The summed E-state index contributed by atoms with van der Waals surface area (Å²) in [4.78, 5) is 38.9. The fourth-order valence-corrected chi connectivity index (χ4v) is 4.63. The molecule has 1 aliphatic heterocycles. The van der Waals surface area contributed by atoms with Crippen LogP contribution in [0.3, 0.4) is 0 Å². The molecule has 6 nitrogen and oxygen atoms in total. The first kappa shape index (κ1) is 23.9. The predicted molar refractivity (Wildman–Crippen MR) is 135 cm³/mol. The van der Waals surface area contributed by atoms with E-state index in [-0.39, 0.29) is 22.1 Å². The molecule has 0 aromatic heterocycles. The van der Waals surface area contributed by atoms with E-state index >= 15 is 0 Å². The van der Waals surface area contributed by atoms with Gasteiger partial charge in [-0.2, -0.15) is 0 Å². The third-order valence-corrected chi connectivity index (χ3v) is 6.45. The molecule has 34 heavy (non-hydrogen) atoms. The highest BCUT2D eigenvalue weighted by Gasteiger charge is 2.37. The summed E-state index contributed by atoms with van der Waals surface area (Å²) in [6, 6.07) is 15.2. The molecule has 1 N–H and O–H groups in total. The third-order valence-electron chi connectivity index (χ3n) is 5.17. The molecule has 1 aliphatic rings. The van der Waals surface area contributed by atoms with Crippen molar-refractivity contribution in [1.29, 1.82) is 0 Å². The van der Waals surface area contributed by atoms with E-state index in [1.54, 1.807) is 36.4 Å². The van der Waals surface area contributed by atoms with Crippen molar-refractivity contribution < 1.29 is 23.5 Å². The summed E-state index contributed by atoms with van der Waals surface area (Å²) in [5.41, 5.74) is 2.08. The number of nitrogens with zero attached hydrogens (tertiary/aromatic N) is 1. The van der Waals surface area contributed by atoms with E-state index in [0.29, 0.717) is 17.7 Å². The monoisotopic (exact) mass is 590 g/mol. The Bertz CT molecular complexity index is 1360. The van der Waals surface area contributed by atoms with Gasteiger partial charge in [0.25, 0.3) is 11.8 Å². The number of methoxy groups -OCH3 is 1. The molecule has 4 rings (SSSR count). The molecule has 1 heterocycles. The van der Waals surface area contributed by atoms with Crippen LogP contribution < -0.4 is 15.0 Å². The van der Waals surface area contributed by atoms with E-state index in [1.807, 2.05) is 6.07 Å². The molecule has 0 unspecified atom stereocenters. The number of anilines is 1. The van der Waals surface area contributed by atoms with Crippen LogP contribution in [-0.2, 0) is 16.0 Å². The molecule has 0 saturated carbocycles.